The number of nitrogens with zero attached hydrogens (tertiary/aromatic N) is 4. The summed E-state index contributed by atoms with van der Waals surface area (Å²) in [7, 11) is 2.11. The fourth-order valence-electron chi connectivity index (χ4n) is 3.49. The molecule has 1 saturated heterocycles. The normalized spacial score (nSPS) is 20.2. The minimum atomic E-state index is 0.0148. The summed E-state index contributed by atoms with van der Waals surface area (Å²) in [6.45, 7) is 6.30. The van der Waals surface area contributed by atoms with Gasteiger partial charge in [-0.15, -0.1) is 0 Å². The van der Waals surface area contributed by atoms with Crippen molar-refractivity contribution in [3.63, 3.8) is 0 Å². The van der Waals surface area contributed by atoms with Crippen molar-refractivity contribution in [2.45, 2.75) is 51.6 Å². The monoisotopic (exact) mass is 329 g/mol. The highest BCUT2D eigenvalue weighted by atomic mass is 16.1. The number of nitrogens with one attached hydrogen (secondary N) is 1. The van der Waals surface area contributed by atoms with Gasteiger partial charge in [0.25, 0.3) is 5.56 Å². The van der Waals surface area contributed by atoms with Crippen molar-refractivity contribution < 1.29 is 0 Å². The quantitative estimate of drug-likeness (QED) is 0.914. The molecule has 24 heavy (non-hydrogen) atoms. The lowest BCUT2D eigenvalue weighted by Gasteiger charge is -2.31. The van der Waals surface area contributed by atoms with Crippen molar-refractivity contribution in [3.05, 3.63) is 28.8 Å². The molecule has 0 aliphatic carbocycles. The van der Waals surface area contributed by atoms with E-state index in [4.69, 9.17) is 0 Å². The summed E-state index contributed by atoms with van der Waals surface area (Å²) in [6.07, 6.45) is 7.90. The zero-order valence-electron chi connectivity index (χ0n) is 14.8. The molecule has 0 aromatic carbocycles. The molecule has 0 spiro atoms. The Hall–Kier alpha value is -1.95. The zero-order chi connectivity index (χ0) is 17.1. The van der Waals surface area contributed by atoms with Gasteiger partial charge < -0.3 is 14.8 Å². The van der Waals surface area contributed by atoms with E-state index in [1.54, 1.807) is 6.20 Å². The maximum absolute atomic E-state index is 12.8. The van der Waals surface area contributed by atoms with E-state index in [1.807, 2.05) is 16.8 Å². The highest BCUT2D eigenvalue weighted by Gasteiger charge is 2.20. The first kappa shape index (κ1) is 16.9. The highest BCUT2D eigenvalue weighted by molar-refractivity contribution is 5.77. The Labute approximate surface area is 142 Å². The molecule has 0 bridgehead atoms. The first-order valence-corrected chi connectivity index (χ1v) is 8.91. The molecular formula is C18H27N5O. The molecule has 6 heteroatoms. The van der Waals surface area contributed by atoms with Crippen LogP contribution in [0.4, 0.5) is 5.95 Å². The minimum absolute atomic E-state index is 0.0148. The molecule has 3 rings (SSSR count). The largest absolute Gasteiger partial charge is 0.352 e. The third-order valence-electron chi connectivity index (χ3n) is 4.77. The summed E-state index contributed by atoms with van der Waals surface area (Å²) < 4.78 is 1.86. The third-order valence-corrected chi connectivity index (χ3v) is 4.77. The van der Waals surface area contributed by atoms with Gasteiger partial charge in [-0.25, -0.2) is 9.97 Å². The molecule has 2 aromatic rings. The molecule has 1 aliphatic heterocycles. The average Bonchev–Trinajstić information content (AvgIpc) is 2.55. The first-order chi connectivity index (χ1) is 11.6. The van der Waals surface area contributed by atoms with Crippen molar-refractivity contribution in [2.75, 3.05) is 25.5 Å². The summed E-state index contributed by atoms with van der Waals surface area (Å²) in [4.78, 5) is 24.0. The molecule has 1 fully saturated rings. The number of likely N-dealkylation sites (tertiary alicyclic amines) is 1. The van der Waals surface area contributed by atoms with Crippen LogP contribution in [0.1, 0.15) is 45.6 Å². The van der Waals surface area contributed by atoms with Gasteiger partial charge in [-0.3, -0.25) is 4.79 Å². The lowest BCUT2D eigenvalue weighted by Crippen LogP contribution is -2.37. The second-order valence-electron chi connectivity index (χ2n) is 6.91. The van der Waals surface area contributed by atoms with E-state index in [2.05, 4.69) is 41.1 Å². The average molecular weight is 329 g/mol. The summed E-state index contributed by atoms with van der Waals surface area (Å²) in [5.41, 5.74) is 0.725. The fraction of sp³-hybridized carbons (Fsp3) is 0.611. The van der Waals surface area contributed by atoms with Gasteiger partial charge in [0.2, 0.25) is 5.95 Å². The van der Waals surface area contributed by atoms with Crippen LogP contribution in [0.2, 0.25) is 0 Å². The first-order valence-electron chi connectivity index (χ1n) is 8.91. The van der Waals surface area contributed by atoms with E-state index in [9.17, 15) is 4.79 Å². The molecule has 0 radical (unpaired) electrons. The van der Waals surface area contributed by atoms with Crippen molar-refractivity contribution in [2.24, 2.45) is 0 Å². The molecule has 2 unspecified atom stereocenters. The molecule has 6 nitrogen and oxygen atoms in total. The zero-order valence-corrected chi connectivity index (χ0v) is 14.8. The van der Waals surface area contributed by atoms with Gasteiger partial charge in [-0.1, -0.05) is 13.3 Å². The maximum Gasteiger partial charge on any atom is 0.261 e. The molecule has 2 aromatic heterocycles. The number of rotatable bonds is 5. The molecule has 3 heterocycles. The summed E-state index contributed by atoms with van der Waals surface area (Å²) in [6, 6.07) is 2.50. The predicted octanol–water partition coefficient (Wildman–Crippen LogP) is 2.66. The summed E-state index contributed by atoms with van der Waals surface area (Å²) in [5.74, 6) is 0.595. The van der Waals surface area contributed by atoms with E-state index in [0.29, 0.717) is 22.9 Å². The van der Waals surface area contributed by atoms with Crippen LogP contribution in [0.3, 0.4) is 0 Å². The van der Waals surface area contributed by atoms with Gasteiger partial charge in [-0.2, -0.15) is 0 Å². The predicted molar refractivity (Wildman–Crippen MR) is 97.6 cm³/mol. The van der Waals surface area contributed by atoms with Crippen LogP contribution in [0.5, 0.6) is 0 Å². The van der Waals surface area contributed by atoms with Gasteiger partial charge in [0.05, 0.1) is 10.9 Å². The Morgan fingerprint density at radius 3 is 3.04 bits per heavy atom. The van der Waals surface area contributed by atoms with Crippen LogP contribution in [0.15, 0.2) is 23.3 Å². The van der Waals surface area contributed by atoms with Crippen LogP contribution in [-0.4, -0.2) is 45.6 Å². The smallest absolute Gasteiger partial charge is 0.261 e. The molecule has 0 amide bonds. The molecule has 130 valence electrons. The second-order valence-corrected chi connectivity index (χ2v) is 6.91. The number of aromatic nitrogens is 3. The molecule has 2 atom stereocenters. The van der Waals surface area contributed by atoms with Crippen LogP contribution in [0, 0.1) is 0 Å². The number of pyridine rings is 1. The lowest BCUT2D eigenvalue weighted by atomic mass is 10.1. The van der Waals surface area contributed by atoms with Crippen molar-refractivity contribution in [1.29, 1.82) is 0 Å². The van der Waals surface area contributed by atoms with Gasteiger partial charge in [0.15, 0.2) is 0 Å². The number of fused-ring (bicyclic) bond motifs is 1. The highest BCUT2D eigenvalue weighted by Crippen LogP contribution is 2.20. The molecule has 0 saturated carbocycles. The van der Waals surface area contributed by atoms with Crippen molar-refractivity contribution >= 4 is 16.9 Å². The van der Waals surface area contributed by atoms with Gasteiger partial charge >= 0.3 is 0 Å². The Bertz CT molecular complexity index is 757. The van der Waals surface area contributed by atoms with Crippen molar-refractivity contribution in [3.8, 4) is 0 Å². The topological polar surface area (TPSA) is 63.1 Å². The van der Waals surface area contributed by atoms with E-state index in [-0.39, 0.29) is 11.6 Å². The second kappa shape index (κ2) is 7.30. The number of piperidine rings is 1. The van der Waals surface area contributed by atoms with Crippen LogP contribution in [-0.2, 0) is 0 Å². The van der Waals surface area contributed by atoms with Gasteiger partial charge in [0.1, 0.15) is 0 Å². The Morgan fingerprint density at radius 2 is 2.29 bits per heavy atom. The summed E-state index contributed by atoms with van der Waals surface area (Å²) in [5, 5.41) is 3.90. The maximum atomic E-state index is 12.8. The van der Waals surface area contributed by atoms with Gasteiger partial charge in [0, 0.05) is 31.0 Å². The van der Waals surface area contributed by atoms with Crippen LogP contribution < -0.4 is 10.9 Å². The molecule has 1 aliphatic rings. The van der Waals surface area contributed by atoms with Gasteiger partial charge in [-0.05, 0) is 45.8 Å². The van der Waals surface area contributed by atoms with Crippen molar-refractivity contribution in [1.82, 2.24) is 19.4 Å². The van der Waals surface area contributed by atoms with E-state index >= 15 is 0 Å². The Morgan fingerprint density at radius 1 is 1.46 bits per heavy atom. The lowest BCUT2D eigenvalue weighted by molar-refractivity contribution is 0.210. The number of anilines is 1. The van der Waals surface area contributed by atoms with Crippen LogP contribution >= 0.6 is 0 Å². The van der Waals surface area contributed by atoms with E-state index in [0.717, 1.165) is 38.8 Å². The third kappa shape index (κ3) is 3.59. The SMILES string of the molecule is CCCC(C)Nc1ncc2c(=O)n(C3CCCN(C)C3)ccc2n1. The summed E-state index contributed by atoms with van der Waals surface area (Å²) >= 11 is 0. The van der Waals surface area contributed by atoms with Crippen LogP contribution in [0.25, 0.3) is 10.9 Å². The number of hydrogen-bond acceptors (Lipinski definition) is 5. The number of likely N-dealkylation sites (N-methyl/N-ethyl adjacent to an activating group) is 1. The fourth-order valence-corrected chi connectivity index (χ4v) is 3.49. The van der Waals surface area contributed by atoms with E-state index in [1.165, 1.54) is 0 Å². The minimum Gasteiger partial charge on any atom is -0.352 e. The number of hydrogen-bond donors (Lipinski definition) is 1. The molecule has 1 N–H and O–H groups in total. The Balaban J connectivity index is 1.88. The standard InChI is InChI=1S/C18H27N5O/c1-4-6-13(2)20-18-19-11-15-16(21-18)8-10-23(17(15)24)14-7-5-9-22(3)12-14/h8,10-11,13-14H,4-7,9,12H2,1-3H3,(H,19,20,21). The van der Waals surface area contributed by atoms with E-state index < -0.39 is 0 Å². The Kier molecular flexibility index (Phi) is 5.14. The molecular weight excluding hydrogens is 302 g/mol.